The van der Waals surface area contributed by atoms with Crippen LogP contribution in [-0.2, 0) is 12.0 Å². The van der Waals surface area contributed by atoms with Crippen molar-refractivity contribution in [2.24, 2.45) is 0 Å². The van der Waals surface area contributed by atoms with Gasteiger partial charge in [0, 0.05) is 36.8 Å². The number of pyridine rings is 1. The fraction of sp³-hybridized carbons (Fsp3) is 0.611. The molecule has 1 aliphatic heterocycles. The Hall–Kier alpha value is -1.35. The summed E-state index contributed by atoms with van der Waals surface area (Å²) in [7, 11) is 0. The van der Waals surface area contributed by atoms with Crippen molar-refractivity contribution in [2.45, 2.75) is 59.0 Å². The van der Waals surface area contributed by atoms with Crippen molar-refractivity contribution in [1.29, 1.82) is 0 Å². The fourth-order valence-electron chi connectivity index (χ4n) is 2.39. The third kappa shape index (κ3) is 4.57. The summed E-state index contributed by atoms with van der Waals surface area (Å²) < 4.78 is 0. The van der Waals surface area contributed by atoms with Crippen molar-refractivity contribution in [3.8, 4) is 0 Å². The first-order valence-electron chi connectivity index (χ1n) is 8.01. The molecule has 0 fully saturated rings. The van der Waals surface area contributed by atoms with Gasteiger partial charge in [0.15, 0.2) is 0 Å². The third-order valence-electron chi connectivity index (χ3n) is 3.74. The van der Waals surface area contributed by atoms with Crippen LogP contribution in [0, 0.1) is 0 Å². The largest absolute Gasteiger partial charge is 0.353 e. The number of nitrogens with one attached hydrogen (secondary N) is 1. The molecule has 3 nitrogen and oxygen atoms in total. The van der Waals surface area contributed by atoms with Crippen LogP contribution in [0.15, 0.2) is 24.3 Å². The molecule has 21 heavy (non-hydrogen) atoms. The van der Waals surface area contributed by atoms with E-state index < -0.39 is 0 Å². The molecule has 0 atom stereocenters. The first kappa shape index (κ1) is 16.0. The maximum Gasteiger partial charge on any atom is 0.129 e. The number of anilines is 1. The van der Waals surface area contributed by atoms with Crippen LogP contribution in [0.3, 0.4) is 0 Å². The third-order valence-corrected chi connectivity index (χ3v) is 3.74. The highest BCUT2D eigenvalue weighted by Crippen LogP contribution is 2.25. The Morgan fingerprint density at radius 3 is 2.57 bits per heavy atom. The van der Waals surface area contributed by atoms with Gasteiger partial charge in [-0.3, -0.25) is 0 Å². The van der Waals surface area contributed by atoms with E-state index in [-0.39, 0.29) is 5.41 Å². The Balaban J connectivity index is 2.30. The zero-order chi connectivity index (χ0) is 15.5. The highest BCUT2D eigenvalue weighted by Gasteiger charge is 2.19. The Kier molecular flexibility index (Phi) is 5.04. The van der Waals surface area contributed by atoms with E-state index in [2.05, 4.69) is 69.1 Å². The lowest BCUT2D eigenvalue weighted by Gasteiger charge is -2.28. The zero-order valence-corrected chi connectivity index (χ0v) is 14.1. The predicted molar refractivity (Wildman–Crippen MR) is 90.9 cm³/mol. The Morgan fingerprint density at radius 2 is 2.00 bits per heavy atom. The molecule has 0 radical (unpaired) electrons. The molecule has 1 aliphatic rings. The number of aromatic nitrogens is 1. The minimum atomic E-state index is 0.0776. The van der Waals surface area contributed by atoms with E-state index in [1.54, 1.807) is 0 Å². The average Bonchev–Trinajstić information content (AvgIpc) is 2.45. The van der Waals surface area contributed by atoms with Gasteiger partial charge in [0.2, 0.25) is 0 Å². The molecular formula is C18H29N3. The molecule has 1 aromatic heterocycles. The van der Waals surface area contributed by atoms with Crippen LogP contribution in [0.4, 0.5) is 5.82 Å². The summed E-state index contributed by atoms with van der Waals surface area (Å²) in [5.74, 6) is 1.12. The van der Waals surface area contributed by atoms with Crippen molar-refractivity contribution in [3.05, 3.63) is 35.5 Å². The van der Waals surface area contributed by atoms with Gasteiger partial charge < -0.3 is 10.2 Å². The Morgan fingerprint density at radius 1 is 1.24 bits per heavy atom. The highest BCUT2D eigenvalue weighted by molar-refractivity contribution is 5.45. The van der Waals surface area contributed by atoms with Crippen LogP contribution in [0.5, 0.6) is 0 Å². The first-order chi connectivity index (χ1) is 9.86. The lowest BCUT2D eigenvalue weighted by Crippen LogP contribution is -2.29. The maximum atomic E-state index is 4.92. The summed E-state index contributed by atoms with van der Waals surface area (Å²) in [5.41, 5.74) is 2.58. The molecule has 0 amide bonds. The van der Waals surface area contributed by atoms with Crippen molar-refractivity contribution in [3.63, 3.8) is 0 Å². The van der Waals surface area contributed by atoms with E-state index in [9.17, 15) is 0 Å². The van der Waals surface area contributed by atoms with Gasteiger partial charge in [-0.1, -0.05) is 46.8 Å². The molecule has 0 saturated heterocycles. The standard InChI is InChI=1S/C18H29N3/c1-14(2)19-13-15-11-16(18(3,4)5)20-17(12-15)21-9-7-6-8-10-21/h6-7,11-12,14,19H,8-10,13H2,1-5H3. The molecule has 0 aliphatic carbocycles. The van der Waals surface area contributed by atoms with Crippen molar-refractivity contribution in [2.75, 3.05) is 18.0 Å². The number of nitrogens with zero attached hydrogens (tertiary/aromatic N) is 2. The normalized spacial score (nSPS) is 15.8. The quantitative estimate of drug-likeness (QED) is 0.857. The Labute approximate surface area is 129 Å². The summed E-state index contributed by atoms with van der Waals surface area (Å²) in [6.45, 7) is 14.0. The summed E-state index contributed by atoms with van der Waals surface area (Å²) >= 11 is 0. The lowest BCUT2D eigenvalue weighted by molar-refractivity contribution is 0.559. The van der Waals surface area contributed by atoms with Gasteiger partial charge in [0.05, 0.1) is 0 Å². The second-order valence-corrected chi connectivity index (χ2v) is 7.21. The van der Waals surface area contributed by atoms with Crippen LogP contribution in [-0.4, -0.2) is 24.1 Å². The van der Waals surface area contributed by atoms with Gasteiger partial charge in [0.25, 0.3) is 0 Å². The summed E-state index contributed by atoms with van der Waals surface area (Å²) in [6.07, 6.45) is 5.60. The van der Waals surface area contributed by atoms with E-state index in [1.165, 1.54) is 11.3 Å². The molecule has 0 bridgehead atoms. The van der Waals surface area contributed by atoms with Gasteiger partial charge in [-0.2, -0.15) is 0 Å². The molecule has 2 rings (SSSR count). The highest BCUT2D eigenvalue weighted by atomic mass is 15.2. The zero-order valence-electron chi connectivity index (χ0n) is 14.1. The lowest BCUT2D eigenvalue weighted by atomic mass is 9.90. The van der Waals surface area contributed by atoms with Crippen molar-refractivity contribution < 1.29 is 0 Å². The van der Waals surface area contributed by atoms with Gasteiger partial charge in [-0.15, -0.1) is 0 Å². The van der Waals surface area contributed by atoms with Crippen LogP contribution in [0.1, 0.15) is 52.3 Å². The summed E-state index contributed by atoms with van der Waals surface area (Å²) in [5, 5.41) is 3.51. The van der Waals surface area contributed by atoms with Crippen LogP contribution in [0.25, 0.3) is 0 Å². The SMILES string of the molecule is CC(C)NCc1cc(N2CC=CCC2)nc(C(C)(C)C)c1. The topological polar surface area (TPSA) is 28.2 Å². The van der Waals surface area contributed by atoms with Gasteiger partial charge >= 0.3 is 0 Å². The first-order valence-corrected chi connectivity index (χ1v) is 8.01. The van der Waals surface area contributed by atoms with Crippen molar-refractivity contribution >= 4 is 5.82 Å². The molecule has 0 spiro atoms. The van der Waals surface area contributed by atoms with Gasteiger partial charge in [0.1, 0.15) is 5.82 Å². The molecule has 1 N–H and O–H groups in total. The monoisotopic (exact) mass is 287 g/mol. The predicted octanol–water partition coefficient (Wildman–Crippen LogP) is 3.64. The van der Waals surface area contributed by atoms with E-state index >= 15 is 0 Å². The van der Waals surface area contributed by atoms with Crippen molar-refractivity contribution in [1.82, 2.24) is 10.3 Å². The van der Waals surface area contributed by atoms with Crippen LogP contribution in [0.2, 0.25) is 0 Å². The molecule has 116 valence electrons. The number of hydrogen-bond acceptors (Lipinski definition) is 3. The second-order valence-electron chi connectivity index (χ2n) is 7.21. The molecular weight excluding hydrogens is 258 g/mol. The van der Waals surface area contributed by atoms with E-state index in [4.69, 9.17) is 4.98 Å². The number of rotatable bonds is 4. The average molecular weight is 287 g/mol. The Bertz CT molecular complexity index is 498. The van der Waals surface area contributed by atoms with E-state index in [0.717, 1.165) is 31.9 Å². The smallest absolute Gasteiger partial charge is 0.129 e. The van der Waals surface area contributed by atoms with E-state index in [0.29, 0.717) is 6.04 Å². The maximum absolute atomic E-state index is 4.92. The van der Waals surface area contributed by atoms with Gasteiger partial charge in [-0.25, -0.2) is 4.98 Å². The summed E-state index contributed by atoms with van der Waals surface area (Å²) in [6, 6.07) is 4.99. The molecule has 0 aromatic carbocycles. The molecule has 0 unspecified atom stereocenters. The molecule has 1 aromatic rings. The molecule has 3 heteroatoms. The van der Waals surface area contributed by atoms with Crippen LogP contribution < -0.4 is 10.2 Å². The van der Waals surface area contributed by atoms with Crippen LogP contribution >= 0.6 is 0 Å². The summed E-state index contributed by atoms with van der Waals surface area (Å²) in [4.78, 5) is 7.29. The molecule has 2 heterocycles. The molecule has 0 saturated carbocycles. The minimum Gasteiger partial charge on any atom is -0.353 e. The minimum absolute atomic E-state index is 0.0776. The second kappa shape index (κ2) is 6.61. The van der Waals surface area contributed by atoms with E-state index in [1.807, 2.05) is 0 Å². The fourth-order valence-corrected chi connectivity index (χ4v) is 2.39. The number of hydrogen-bond donors (Lipinski definition) is 1. The van der Waals surface area contributed by atoms with Gasteiger partial charge in [-0.05, 0) is 24.1 Å².